The van der Waals surface area contributed by atoms with E-state index in [1.54, 1.807) is 34.9 Å². The van der Waals surface area contributed by atoms with Crippen molar-refractivity contribution in [2.75, 3.05) is 12.4 Å². The Kier molecular flexibility index (Phi) is 4.66. The van der Waals surface area contributed by atoms with Crippen LogP contribution in [0.15, 0.2) is 47.3 Å². The number of ether oxygens (including phenoxy) is 1. The topological polar surface area (TPSA) is 74.0 Å². The third-order valence-electron chi connectivity index (χ3n) is 3.37. The van der Waals surface area contributed by atoms with Crippen LogP contribution in [0.3, 0.4) is 0 Å². The molecule has 24 heavy (non-hydrogen) atoms. The van der Waals surface area contributed by atoms with Gasteiger partial charge in [0.25, 0.3) is 5.91 Å². The average molecular weight is 390 g/mol. The van der Waals surface area contributed by atoms with E-state index in [1.807, 2.05) is 31.3 Å². The number of carbonyl (C=O) groups is 1. The predicted octanol–water partition coefficient (Wildman–Crippen LogP) is 2.92. The van der Waals surface area contributed by atoms with Crippen LogP contribution in [0.2, 0.25) is 0 Å². The summed E-state index contributed by atoms with van der Waals surface area (Å²) in [5.74, 6) is 0.314. The molecule has 0 unspecified atom stereocenters. The Morgan fingerprint density at radius 1 is 1.33 bits per heavy atom. The molecule has 7 nitrogen and oxygen atoms in total. The van der Waals surface area contributed by atoms with Gasteiger partial charge in [0.05, 0.1) is 23.5 Å². The predicted molar refractivity (Wildman–Crippen MR) is 93.2 cm³/mol. The molecular formula is C16H16BrN5O2. The highest BCUT2D eigenvalue weighted by molar-refractivity contribution is 9.10. The van der Waals surface area contributed by atoms with Crippen LogP contribution in [0.4, 0.5) is 5.69 Å². The number of aryl methyl sites for hydroxylation is 1. The summed E-state index contributed by atoms with van der Waals surface area (Å²) in [5.41, 5.74) is 1.97. The number of nitrogens with one attached hydrogen (secondary N) is 1. The highest BCUT2D eigenvalue weighted by Gasteiger charge is 2.13. The van der Waals surface area contributed by atoms with Gasteiger partial charge in [0.15, 0.2) is 5.69 Å². The van der Waals surface area contributed by atoms with E-state index >= 15 is 0 Å². The number of methoxy groups -OCH3 is 1. The van der Waals surface area contributed by atoms with E-state index < -0.39 is 0 Å². The Morgan fingerprint density at radius 2 is 2.17 bits per heavy atom. The van der Waals surface area contributed by atoms with Crippen molar-refractivity contribution < 1.29 is 9.53 Å². The second kappa shape index (κ2) is 6.88. The summed E-state index contributed by atoms with van der Waals surface area (Å²) in [6.07, 6.45) is 5.26. The van der Waals surface area contributed by atoms with Crippen LogP contribution in [-0.4, -0.2) is 32.6 Å². The lowest BCUT2D eigenvalue weighted by Gasteiger charge is -2.10. The lowest BCUT2D eigenvalue weighted by Crippen LogP contribution is -2.15. The quantitative estimate of drug-likeness (QED) is 0.727. The van der Waals surface area contributed by atoms with Gasteiger partial charge in [-0.25, -0.2) is 4.68 Å². The third-order valence-corrected chi connectivity index (χ3v) is 3.78. The molecule has 1 aromatic carbocycles. The largest absolute Gasteiger partial charge is 0.495 e. The molecule has 1 N–H and O–H groups in total. The number of hydrogen-bond donors (Lipinski definition) is 1. The molecule has 0 radical (unpaired) electrons. The maximum absolute atomic E-state index is 12.4. The van der Waals surface area contributed by atoms with Crippen LogP contribution in [0.1, 0.15) is 16.1 Å². The van der Waals surface area contributed by atoms with E-state index in [0.717, 1.165) is 10.0 Å². The minimum atomic E-state index is -0.292. The summed E-state index contributed by atoms with van der Waals surface area (Å²) in [5, 5.41) is 11.3. The van der Waals surface area contributed by atoms with Gasteiger partial charge in [-0.05, 0) is 46.6 Å². The smallest absolute Gasteiger partial charge is 0.276 e. The summed E-state index contributed by atoms with van der Waals surface area (Å²) in [7, 11) is 1.57. The van der Waals surface area contributed by atoms with Crippen LogP contribution in [0.25, 0.3) is 0 Å². The van der Waals surface area contributed by atoms with Gasteiger partial charge in [0.2, 0.25) is 0 Å². The Morgan fingerprint density at radius 3 is 2.88 bits per heavy atom. The molecule has 0 bridgehead atoms. The molecule has 1 amide bonds. The van der Waals surface area contributed by atoms with E-state index in [4.69, 9.17) is 4.74 Å². The van der Waals surface area contributed by atoms with E-state index in [2.05, 4.69) is 31.4 Å². The summed E-state index contributed by atoms with van der Waals surface area (Å²) in [6.45, 7) is 2.37. The van der Waals surface area contributed by atoms with Crippen LogP contribution in [-0.2, 0) is 6.67 Å². The number of carbonyl (C=O) groups excluding carboxylic acids is 1. The second-order valence-corrected chi connectivity index (χ2v) is 6.15. The van der Waals surface area contributed by atoms with Crippen molar-refractivity contribution in [1.82, 2.24) is 19.6 Å². The maximum atomic E-state index is 12.4. The van der Waals surface area contributed by atoms with Crippen molar-refractivity contribution in [3.63, 3.8) is 0 Å². The number of aromatic nitrogens is 4. The Labute approximate surface area is 147 Å². The molecular weight excluding hydrogens is 374 g/mol. The summed E-state index contributed by atoms with van der Waals surface area (Å²) < 4.78 is 9.51. The fourth-order valence-electron chi connectivity index (χ4n) is 2.23. The monoisotopic (exact) mass is 389 g/mol. The third kappa shape index (κ3) is 3.65. The summed E-state index contributed by atoms with van der Waals surface area (Å²) in [6, 6.07) is 7.26. The number of anilines is 1. The Bertz CT molecular complexity index is 871. The number of nitrogens with zero attached hydrogens (tertiary/aromatic N) is 4. The highest BCUT2D eigenvalue weighted by atomic mass is 79.9. The molecule has 0 spiro atoms. The minimum Gasteiger partial charge on any atom is -0.495 e. The Hall–Kier alpha value is -2.61. The van der Waals surface area contributed by atoms with Crippen molar-refractivity contribution in [2.45, 2.75) is 13.6 Å². The first-order chi connectivity index (χ1) is 11.5. The van der Waals surface area contributed by atoms with Crippen LogP contribution >= 0.6 is 15.9 Å². The van der Waals surface area contributed by atoms with Crippen molar-refractivity contribution in [3.05, 3.63) is 58.6 Å². The summed E-state index contributed by atoms with van der Waals surface area (Å²) in [4.78, 5) is 12.4. The molecule has 0 saturated heterocycles. The average Bonchev–Trinajstić information content (AvgIpc) is 3.17. The van der Waals surface area contributed by atoms with Crippen molar-refractivity contribution in [2.24, 2.45) is 0 Å². The molecule has 8 heteroatoms. The molecule has 0 aliphatic carbocycles. The first-order valence-electron chi connectivity index (χ1n) is 7.22. The highest BCUT2D eigenvalue weighted by Crippen LogP contribution is 2.25. The first-order valence-corrected chi connectivity index (χ1v) is 8.02. The van der Waals surface area contributed by atoms with E-state index in [0.29, 0.717) is 23.8 Å². The van der Waals surface area contributed by atoms with Gasteiger partial charge in [0, 0.05) is 12.4 Å². The lowest BCUT2D eigenvalue weighted by molar-refractivity contribution is 0.102. The Balaban J connectivity index is 1.73. The lowest BCUT2D eigenvalue weighted by atomic mass is 10.2. The molecule has 0 atom stereocenters. The molecule has 124 valence electrons. The fourth-order valence-corrected chi connectivity index (χ4v) is 2.56. The van der Waals surface area contributed by atoms with E-state index in [9.17, 15) is 4.79 Å². The fraction of sp³-hybridized carbons (Fsp3) is 0.188. The number of rotatable bonds is 5. The molecule has 2 aromatic heterocycles. The molecule has 3 rings (SSSR count). The van der Waals surface area contributed by atoms with Gasteiger partial charge >= 0.3 is 0 Å². The SMILES string of the molecule is COc1ccc(C)cc1NC(=O)c1ccn(Cn2cc(Br)cn2)n1. The zero-order valence-corrected chi connectivity index (χ0v) is 14.8. The standard InChI is InChI=1S/C16H16BrN5O2/c1-11-3-4-15(24-2)14(7-11)19-16(23)13-5-6-21(20-13)10-22-9-12(17)8-18-22/h3-9H,10H2,1-2H3,(H,19,23). The summed E-state index contributed by atoms with van der Waals surface area (Å²) >= 11 is 3.34. The number of benzene rings is 1. The number of halogens is 1. The minimum absolute atomic E-state index is 0.292. The van der Waals surface area contributed by atoms with Crippen molar-refractivity contribution >= 4 is 27.5 Å². The first kappa shape index (κ1) is 16.3. The maximum Gasteiger partial charge on any atom is 0.276 e. The van der Waals surface area contributed by atoms with Gasteiger partial charge in [-0.3, -0.25) is 9.48 Å². The number of amides is 1. The molecule has 0 saturated carbocycles. The normalized spacial score (nSPS) is 10.6. The molecule has 0 aliphatic rings. The van der Waals surface area contributed by atoms with Crippen molar-refractivity contribution in [3.8, 4) is 5.75 Å². The van der Waals surface area contributed by atoms with Gasteiger partial charge in [-0.15, -0.1) is 0 Å². The van der Waals surface area contributed by atoms with Gasteiger partial charge in [0.1, 0.15) is 12.4 Å². The van der Waals surface area contributed by atoms with E-state index in [1.165, 1.54) is 0 Å². The molecule has 0 aliphatic heterocycles. The van der Waals surface area contributed by atoms with Crippen LogP contribution in [0, 0.1) is 6.92 Å². The molecule has 3 aromatic rings. The van der Waals surface area contributed by atoms with Gasteiger partial charge in [-0.1, -0.05) is 6.07 Å². The zero-order valence-electron chi connectivity index (χ0n) is 13.2. The van der Waals surface area contributed by atoms with Gasteiger partial charge < -0.3 is 10.1 Å². The number of hydrogen-bond acceptors (Lipinski definition) is 4. The second-order valence-electron chi connectivity index (χ2n) is 5.24. The van der Waals surface area contributed by atoms with Crippen molar-refractivity contribution in [1.29, 1.82) is 0 Å². The van der Waals surface area contributed by atoms with Crippen LogP contribution < -0.4 is 10.1 Å². The van der Waals surface area contributed by atoms with Gasteiger partial charge in [-0.2, -0.15) is 10.2 Å². The van der Waals surface area contributed by atoms with E-state index in [-0.39, 0.29) is 5.91 Å². The zero-order chi connectivity index (χ0) is 17.1. The molecule has 2 heterocycles. The van der Waals surface area contributed by atoms with Crippen LogP contribution in [0.5, 0.6) is 5.75 Å². The molecule has 0 fully saturated rings.